The Labute approximate surface area is 127 Å². The molecule has 0 aromatic carbocycles. The van der Waals surface area contributed by atoms with Crippen LogP contribution in [0.5, 0.6) is 0 Å². The maximum absolute atomic E-state index is 12.1. The van der Waals surface area contributed by atoms with E-state index in [2.05, 4.69) is 15.5 Å². The molecule has 1 saturated carbocycles. The number of anilines is 1. The third-order valence-electron chi connectivity index (χ3n) is 4.36. The van der Waals surface area contributed by atoms with Crippen molar-refractivity contribution in [2.75, 3.05) is 5.32 Å². The molecule has 1 atom stereocenters. The molecule has 5 nitrogen and oxygen atoms in total. The van der Waals surface area contributed by atoms with Gasteiger partial charge in [-0.05, 0) is 18.3 Å². The zero-order valence-corrected chi connectivity index (χ0v) is 13.4. The minimum absolute atomic E-state index is 0.179. The first kappa shape index (κ1) is 16.0. The third kappa shape index (κ3) is 4.30. The maximum atomic E-state index is 12.1. The number of amides is 1. The van der Waals surface area contributed by atoms with Gasteiger partial charge in [0.2, 0.25) is 5.91 Å². The molecule has 0 radical (unpaired) electrons. The van der Waals surface area contributed by atoms with Crippen molar-refractivity contribution in [3.8, 4) is 0 Å². The van der Waals surface area contributed by atoms with Crippen LogP contribution in [0.1, 0.15) is 70.9 Å². The normalized spacial score (nSPS) is 19.0. The highest BCUT2D eigenvalue weighted by Crippen LogP contribution is 2.31. The number of carbonyl (C=O) groups excluding carboxylic acids is 1. The molecule has 21 heavy (non-hydrogen) atoms. The van der Waals surface area contributed by atoms with Gasteiger partial charge in [-0.25, -0.2) is 0 Å². The van der Waals surface area contributed by atoms with E-state index in [1.165, 1.54) is 38.5 Å². The highest BCUT2D eigenvalue weighted by molar-refractivity contribution is 5.94. The van der Waals surface area contributed by atoms with Gasteiger partial charge in [0.1, 0.15) is 0 Å². The fourth-order valence-electron chi connectivity index (χ4n) is 2.80. The predicted molar refractivity (Wildman–Crippen MR) is 85.1 cm³/mol. The van der Waals surface area contributed by atoms with Crippen LogP contribution < -0.4 is 11.1 Å². The van der Waals surface area contributed by atoms with Crippen molar-refractivity contribution in [2.45, 2.75) is 71.3 Å². The quantitative estimate of drug-likeness (QED) is 0.748. The number of rotatable bonds is 3. The molecule has 1 aromatic heterocycles. The van der Waals surface area contributed by atoms with Crippen molar-refractivity contribution in [2.24, 2.45) is 11.1 Å². The van der Waals surface area contributed by atoms with Crippen LogP contribution in [0.15, 0.2) is 6.07 Å². The minimum atomic E-state index is -0.546. The number of hydrogen-bond acceptors (Lipinski definition) is 3. The van der Waals surface area contributed by atoms with E-state index in [0.717, 1.165) is 5.69 Å². The van der Waals surface area contributed by atoms with Crippen molar-refractivity contribution in [3.05, 3.63) is 11.8 Å². The molecule has 1 aliphatic rings. The van der Waals surface area contributed by atoms with E-state index in [1.54, 1.807) is 0 Å². The molecule has 1 amide bonds. The minimum Gasteiger partial charge on any atom is -0.319 e. The Morgan fingerprint density at radius 2 is 1.95 bits per heavy atom. The second kappa shape index (κ2) is 6.60. The van der Waals surface area contributed by atoms with Crippen LogP contribution in [0.25, 0.3) is 0 Å². The molecular formula is C16H28N4O. The highest BCUT2D eigenvalue weighted by Gasteiger charge is 2.28. The Morgan fingerprint density at radius 3 is 2.52 bits per heavy atom. The van der Waals surface area contributed by atoms with Gasteiger partial charge in [0.25, 0.3) is 0 Å². The smallest absolute Gasteiger partial charge is 0.243 e. The molecule has 1 aromatic rings. The lowest BCUT2D eigenvalue weighted by molar-refractivity contribution is -0.119. The van der Waals surface area contributed by atoms with Crippen molar-refractivity contribution < 1.29 is 4.79 Å². The van der Waals surface area contributed by atoms with Crippen LogP contribution in [-0.4, -0.2) is 22.1 Å². The predicted octanol–water partition coefficient (Wildman–Crippen LogP) is 3.16. The number of carbonyl (C=O) groups is 1. The molecule has 0 bridgehead atoms. The zero-order valence-electron chi connectivity index (χ0n) is 13.4. The van der Waals surface area contributed by atoms with Crippen LogP contribution in [0.2, 0.25) is 0 Å². The number of nitrogens with two attached hydrogens (primary N) is 1. The van der Waals surface area contributed by atoms with Gasteiger partial charge in [-0.1, -0.05) is 46.5 Å². The summed E-state index contributed by atoms with van der Waals surface area (Å²) in [5.74, 6) is 0.947. The molecule has 118 valence electrons. The molecule has 1 heterocycles. The molecule has 5 heteroatoms. The highest BCUT2D eigenvalue weighted by atomic mass is 16.2. The fraction of sp³-hybridized carbons (Fsp3) is 0.750. The van der Waals surface area contributed by atoms with Gasteiger partial charge >= 0.3 is 0 Å². The average Bonchev–Trinajstić information content (AvgIpc) is 2.71. The molecule has 2 rings (SSSR count). The summed E-state index contributed by atoms with van der Waals surface area (Å²) >= 11 is 0. The van der Waals surface area contributed by atoms with E-state index in [9.17, 15) is 4.79 Å². The molecule has 4 N–H and O–H groups in total. The molecule has 1 fully saturated rings. The van der Waals surface area contributed by atoms with Crippen molar-refractivity contribution >= 4 is 11.7 Å². The van der Waals surface area contributed by atoms with Gasteiger partial charge in [0.15, 0.2) is 5.82 Å². The Balaban J connectivity index is 1.98. The van der Waals surface area contributed by atoms with Crippen LogP contribution in [-0.2, 0) is 4.79 Å². The summed E-state index contributed by atoms with van der Waals surface area (Å²) in [5.41, 5.74) is 6.84. The number of nitrogens with zero attached hydrogens (tertiary/aromatic N) is 1. The van der Waals surface area contributed by atoms with Crippen LogP contribution in [0.4, 0.5) is 5.82 Å². The second-order valence-corrected chi connectivity index (χ2v) is 7.23. The average molecular weight is 292 g/mol. The van der Waals surface area contributed by atoms with E-state index in [0.29, 0.717) is 11.7 Å². The number of hydrogen-bond donors (Lipinski definition) is 3. The van der Waals surface area contributed by atoms with Crippen molar-refractivity contribution in [1.82, 2.24) is 10.2 Å². The first-order chi connectivity index (χ1) is 9.88. The van der Waals surface area contributed by atoms with E-state index in [1.807, 2.05) is 26.8 Å². The van der Waals surface area contributed by atoms with Crippen molar-refractivity contribution in [1.29, 1.82) is 0 Å². The van der Waals surface area contributed by atoms with Gasteiger partial charge in [-0.2, -0.15) is 5.10 Å². The maximum Gasteiger partial charge on any atom is 0.243 e. The lowest BCUT2D eigenvalue weighted by Gasteiger charge is -2.25. The molecule has 0 saturated heterocycles. The summed E-state index contributed by atoms with van der Waals surface area (Å²) in [6, 6.07) is 1.42. The van der Waals surface area contributed by atoms with Crippen molar-refractivity contribution in [3.63, 3.8) is 0 Å². The standard InChI is InChI=1S/C16H28N4O/c1-16(2,3)14(17)15(21)18-13-10-12(19-20-13)11-8-6-4-5-7-9-11/h10-11,14H,4-9,17H2,1-3H3,(H2,18,19,20,21)/t14-/m1/s1. The van der Waals surface area contributed by atoms with Gasteiger partial charge in [-0.3, -0.25) is 9.89 Å². The van der Waals surface area contributed by atoms with Gasteiger partial charge in [-0.15, -0.1) is 0 Å². The monoisotopic (exact) mass is 292 g/mol. The largest absolute Gasteiger partial charge is 0.319 e. The van der Waals surface area contributed by atoms with Gasteiger partial charge < -0.3 is 11.1 Å². The Hall–Kier alpha value is -1.36. The Kier molecular flexibility index (Phi) is 5.04. The Bertz CT molecular complexity index is 467. The lowest BCUT2D eigenvalue weighted by atomic mass is 9.87. The van der Waals surface area contributed by atoms with Gasteiger partial charge in [0, 0.05) is 17.7 Å². The van der Waals surface area contributed by atoms with E-state index in [-0.39, 0.29) is 11.3 Å². The molecule has 0 aliphatic heterocycles. The van der Waals surface area contributed by atoms with Crippen LogP contribution in [0.3, 0.4) is 0 Å². The van der Waals surface area contributed by atoms with E-state index < -0.39 is 6.04 Å². The number of nitrogens with one attached hydrogen (secondary N) is 2. The first-order valence-electron chi connectivity index (χ1n) is 7.99. The molecule has 0 unspecified atom stereocenters. The summed E-state index contributed by atoms with van der Waals surface area (Å²) in [4.78, 5) is 12.1. The van der Waals surface area contributed by atoms with Crippen LogP contribution >= 0.6 is 0 Å². The number of aromatic nitrogens is 2. The lowest BCUT2D eigenvalue weighted by Crippen LogP contribution is -2.45. The number of H-pyrrole nitrogens is 1. The summed E-state index contributed by atoms with van der Waals surface area (Å²) in [5, 5.41) is 10.1. The molecule has 1 aliphatic carbocycles. The molecular weight excluding hydrogens is 264 g/mol. The summed E-state index contributed by atoms with van der Waals surface area (Å²) in [6.45, 7) is 5.87. The number of aromatic amines is 1. The molecule has 0 spiro atoms. The summed E-state index contributed by atoms with van der Waals surface area (Å²) in [7, 11) is 0. The third-order valence-corrected chi connectivity index (χ3v) is 4.36. The summed E-state index contributed by atoms with van der Waals surface area (Å²) in [6.07, 6.45) is 7.62. The van der Waals surface area contributed by atoms with E-state index in [4.69, 9.17) is 5.73 Å². The fourth-order valence-corrected chi connectivity index (χ4v) is 2.80. The first-order valence-corrected chi connectivity index (χ1v) is 7.99. The summed E-state index contributed by atoms with van der Waals surface area (Å²) < 4.78 is 0. The van der Waals surface area contributed by atoms with Crippen LogP contribution in [0, 0.1) is 5.41 Å². The topological polar surface area (TPSA) is 83.8 Å². The second-order valence-electron chi connectivity index (χ2n) is 7.23. The zero-order chi connectivity index (χ0) is 15.5. The SMILES string of the molecule is CC(C)(C)[C@H](N)C(=O)Nc1cc(C2CCCCCC2)[nH]n1. The van der Waals surface area contributed by atoms with Gasteiger partial charge in [0.05, 0.1) is 6.04 Å². The Morgan fingerprint density at radius 1 is 1.33 bits per heavy atom. The van der Waals surface area contributed by atoms with E-state index >= 15 is 0 Å².